The third kappa shape index (κ3) is 2.37. The van der Waals surface area contributed by atoms with Gasteiger partial charge in [0, 0.05) is 4.88 Å². The Balaban J connectivity index is 1.36. The number of nitrogens with zero attached hydrogens (tertiary/aromatic N) is 2. The monoisotopic (exact) mass is 420 g/mol. The second-order valence-electron chi connectivity index (χ2n) is 8.29. The Morgan fingerprint density at radius 2 is 1.93 bits per heavy atom. The van der Waals surface area contributed by atoms with E-state index in [2.05, 4.69) is 15.3 Å². The Bertz CT molecular complexity index is 1290. The van der Waals surface area contributed by atoms with E-state index in [-0.39, 0.29) is 18.0 Å². The van der Waals surface area contributed by atoms with Gasteiger partial charge in [-0.2, -0.15) is 0 Å². The summed E-state index contributed by atoms with van der Waals surface area (Å²) < 4.78 is 0. The number of carbonyl (C=O) groups excluding carboxylic acids is 2. The van der Waals surface area contributed by atoms with E-state index in [1.54, 1.807) is 11.3 Å². The number of thiophene rings is 1. The molecule has 0 unspecified atom stereocenters. The SMILES string of the molecule is O=C1N[C@@]2(CCc3ccccc32)C(=O)N1Cc1nc2sc3c(c2c(=O)[nH]1)CCCC3. The molecule has 1 aliphatic heterocycles. The number of rotatable bonds is 2. The van der Waals surface area contributed by atoms with Crippen LogP contribution in [0.1, 0.15) is 46.7 Å². The Morgan fingerprint density at radius 1 is 1.10 bits per heavy atom. The van der Waals surface area contributed by atoms with Crippen molar-refractivity contribution in [2.45, 2.75) is 50.6 Å². The Hall–Kier alpha value is -3.00. The molecule has 1 aromatic carbocycles. The van der Waals surface area contributed by atoms with Crippen LogP contribution in [-0.2, 0) is 36.1 Å². The van der Waals surface area contributed by atoms with E-state index in [1.165, 1.54) is 9.78 Å². The van der Waals surface area contributed by atoms with Crippen LogP contribution in [0, 0.1) is 0 Å². The van der Waals surface area contributed by atoms with E-state index in [4.69, 9.17) is 0 Å². The van der Waals surface area contributed by atoms with Crippen LogP contribution >= 0.6 is 11.3 Å². The molecule has 2 aromatic heterocycles. The fourth-order valence-corrected chi connectivity index (χ4v) is 6.45. The molecule has 1 spiro atoms. The predicted molar refractivity (Wildman–Crippen MR) is 112 cm³/mol. The fourth-order valence-electron chi connectivity index (χ4n) is 5.17. The van der Waals surface area contributed by atoms with E-state index in [0.717, 1.165) is 48.8 Å². The number of benzene rings is 1. The van der Waals surface area contributed by atoms with Gasteiger partial charge >= 0.3 is 6.03 Å². The van der Waals surface area contributed by atoms with Crippen molar-refractivity contribution in [1.29, 1.82) is 0 Å². The molecule has 3 aliphatic rings. The van der Waals surface area contributed by atoms with Crippen LogP contribution in [0.5, 0.6) is 0 Å². The third-order valence-electron chi connectivity index (χ3n) is 6.60. The maximum atomic E-state index is 13.3. The average molecular weight is 420 g/mol. The lowest BCUT2D eigenvalue weighted by molar-refractivity contribution is -0.132. The number of fused-ring (bicyclic) bond motifs is 5. The topological polar surface area (TPSA) is 95.2 Å². The largest absolute Gasteiger partial charge is 0.325 e. The summed E-state index contributed by atoms with van der Waals surface area (Å²) in [6.07, 6.45) is 5.42. The number of hydrogen-bond acceptors (Lipinski definition) is 5. The molecule has 6 rings (SSSR count). The molecular weight excluding hydrogens is 400 g/mol. The zero-order valence-electron chi connectivity index (χ0n) is 16.3. The summed E-state index contributed by atoms with van der Waals surface area (Å²) in [6, 6.07) is 7.30. The van der Waals surface area contributed by atoms with E-state index in [1.807, 2.05) is 24.3 Å². The molecule has 3 aromatic rings. The van der Waals surface area contributed by atoms with Gasteiger partial charge in [-0.25, -0.2) is 9.78 Å². The summed E-state index contributed by atoms with van der Waals surface area (Å²) in [7, 11) is 0. The number of aromatic nitrogens is 2. The highest BCUT2D eigenvalue weighted by Crippen LogP contribution is 2.41. The third-order valence-corrected chi connectivity index (χ3v) is 7.79. The van der Waals surface area contributed by atoms with Gasteiger partial charge in [0.15, 0.2) is 0 Å². The van der Waals surface area contributed by atoms with E-state index < -0.39 is 11.6 Å². The number of imide groups is 1. The summed E-state index contributed by atoms with van der Waals surface area (Å²) in [4.78, 5) is 49.4. The molecule has 0 radical (unpaired) electrons. The Labute approximate surface area is 176 Å². The molecule has 1 atom stereocenters. The van der Waals surface area contributed by atoms with Crippen molar-refractivity contribution in [3.63, 3.8) is 0 Å². The van der Waals surface area contributed by atoms with Crippen molar-refractivity contribution < 1.29 is 9.59 Å². The number of amides is 3. The predicted octanol–water partition coefficient (Wildman–Crippen LogP) is 2.76. The van der Waals surface area contributed by atoms with Crippen LogP contribution in [0.25, 0.3) is 10.2 Å². The summed E-state index contributed by atoms with van der Waals surface area (Å²) in [5.74, 6) is 0.0728. The second-order valence-corrected chi connectivity index (χ2v) is 9.37. The molecular formula is C22H20N4O3S. The maximum Gasteiger partial charge on any atom is 0.325 e. The molecule has 152 valence electrons. The molecule has 3 amide bonds. The smallest absolute Gasteiger partial charge is 0.319 e. The first kappa shape index (κ1) is 17.8. The number of carbonyl (C=O) groups is 2. The average Bonchev–Trinajstić information content (AvgIpc) is 3.37. The van der Waals surface area contributed by atoms with Gasteiger partial charge in [-0.15, -0.1) is 11.3 Å². The van der Waals surface area contributed by atoms with E-state index in [9.17, 15) is 14.4 Å². The summed E-state index contributed by atoms with van der Waals surface area (Å²) in [6.45, 7) is -0.0394. The maximum absolute atomic E-state index is 13.3. The number of H-pyrrole nitrogens is 1. The van der Waals surface area contributed by atoms with Crippen LogP contribution in [0.2, 0.25) is 0 Å². The molecule has 7 nitrogen and oxygen atoms in total. The zero-order valence-corrected chi connectivity index (χ0v) is 17.1. The first-order valence-electron chi connectivity index (χ1n) is 10.3. The number of nitrogens with one attached hydrogen (secondary N) is 2. The Kier molecular flexibility index (Phi) is 3.71. The van der Waals surface area contributed by atoms with E-state index in [0.29, 0.717) is 22.5 Å². The zero-order chi connectivity index (χ0) is 20.5. The molecule has 1 saturated heterocycles. The van der Waals surface area contributed by atoms with Crippen LogP contribution in [0.3, 0.4) is 0 Å². The number of aryl methyl sites for hydroxylation is 3. The van der Waals surface area contributed by atoms with Crippen molar-refractivity contribution in [3.05, 3.63) is 62.0 Å². The van der Waals surface area contributed by atoms with Crippen LogP contribution in [-0.4, -0.2) is 26.8 Å². The molecule has 2 N–H and O–H groups in total. The van der Waals surface area contributed by atoms with Gasteiger partial charge in [-0.05, 0) is 55.2 Å². The highest BCUT2D eigenvalue weighted by atomic mass is 32.1. The quantitative estimate of drug-likeness (QED) is 0.623. The minimum Gasteiger partial charge on any atom is -0.319 e. The summed E-state index contributed by atoms with van der Waals surface area (Å²) in [5.41, 5.74) is 1.90. The van der Waals surface area contributed by atoms with Crippen LogP contribution in [0.4, 0.5) is 4.79 Å². The van der Waals surface area contributed by atoms with Crippen molar-refractivity contribution in [1.82, 2.24) is 20.2 Å². The minimum atomic E-state index is -1.000. The second kappa shape index (κ2) is 6.25. The lowest BCUT2D eigenvalue weighted by atomic mass is 9.92. The molecule has 30 heavy (non-hydrogen) atoms. The van der Waals surface area contributed by atoms with Crippen LogP contribution in [0.15, 0.2) is 29.1 Å². The van der Waals surface area contributed by atoms with Crippen LogP contribution < -0.4 is 10.9 Å². The lowest BCUT2D eigenvalue weighted by Crippen LogP contribution is -2.41. The van der Waals surface area contributed by atoms with Crippen molar-refractivity contribution in [3.8, 4) is 0 Å². The highest BCUT2D eigenvalue weighted by molar-refractivity contribution is 7.18. The molecule has 8 heteroatoms. The van der Waals surface area contributed by atoms with Gasteiger partial charge in [0.2, 0.25) is 0 Å². The van der Waals surface area contributed by atoms with Gasteiger partial charge in [0.05, 0.1) is 11.9 Å². The standard InChI is InChI=1S/C22H20N4O3S/c27-18-17-13-6-2-4-8-15(13)30-19(17)24-16(23-18)11-26-20(28)22(25-21(26)29)10-9-12-5-1-3-7-14(12)22/h1,3,5,7H,2,4,6,8-11H2,(H,25,29)(H,23,24,27)/t22-/m1/s1. The molecule has 1 fully saturated rings. The Morgan fingerprint density at radius 3 is 2.83 bits per heavy atom. The highest BCUT2D eigenvalue weighted by Gasteiger charge is 2.55. The van der Waals surface area contributed by atoms with Gasteiger partial charge in [-0.3, -0.25) is 14.5 Å². The van der Waals surface area contributed by atoms with Gasteiger partial charge in [0.25, 0.3) is 11.5 Å². The van der Waals surface area contributed by atoms with Crippen molar-refractivity contribution >= 4 is 33.5 Å². The molecule has 2 aliphatic carbocycles. The normalized spacial score (nSPS) is 22.6. The number of urea groups is 1. The molecule has 0 saturated carbocycles. The summed E-state index contributed by atoms with van der Waals surface area (Å²) >= 11 is 1.56. The molecule has 3 heterocycles. The van der Waals surface area contributed by atoms with E-state index >= 15 is 0 Å². The van der Waals surface area contributed by atoms with Gasteiger partial charge in [-0.1, -0.05) is 24.3 Å². The first-order chi connectivity index (χ1) is 14.6. The minimum absolute atomic E-state index is 0.0394. The lowest BCUT2D eigenvalue weighted by Gasteiger charge is -2.22. The first-order valence-corrected chi connectivity index (χ1v) is 11.1. The summed E-state index contributed by atoms with van der Waals surface area (Å²) in [5, 5.41) is 3.59. The molecule has 0 bridgehead atoms. The van der Waals surface area contributed by atoms with Gasteiger partial charge in [0.1, 0.15) is 16.2 Å². The number of aromatic amines is 1. The van der Waals surface area contributed by atoms with Crippen molar-refractivity contribution in [2.24, 2.45) is 0 Å². The van der Waals surface area contributed by atoms with Crippen molar-refractivity contribution in [2.75, 3.05) is 0 Å². The fraction of sp³-hybridized carbons (Fsp3) is 0.364. The van der Waals surface area contributed by atoms with Gasteiger partial charge < -0.3 is 10.3 Å². The number of hydrogen-bond donors (Lipinski definition) is 2.